The van der Waals surface area contributed by atoms with Crippen molar-refractivity contribution >= 4 is 11.8 Å². The maximum absolute atomic E-state index is 12.1. The summed E-state index contributed by atoms with van der Waals surface area (Å²) in [5, 5.41) is 2.98. The second-order valence-electron chi connectivity index (χ2n) is 4.60. The zero-order chi connectivity index (χ0) is 13.7. The Balaban J connectivity index is 1.87. The smallest absolute Gasteiger partial charge is 0.242 e. The van der Waals surface area contributed by atoms with Crippen molar-refractivity contribution in [3.05, 3.63) is 30.1 Å². The van der Waals surface area contributed by atoms with Gasteiger partial charge in [-0.25, -0.2) is 0 Å². The fourth-order valence-corrected chi connectivity index (χ4v) is 1.95. The lowest BCUT2D eigenvalue weighted by molar-refractivity contribution is -0.140. The van der Waals surface area contributed by atoms with E-state index in [2.05, 4.69) is 10.3 Å². The minimum absolute atomic E-state index is 0.0191. The molecule has 0 unspecified atom stereocenters. The standard InChI is InChI=1S/C13H18N4O2/c1-16(9-11-3-2-4-14-7-11)13(19)10-17-6-5-15-8-12(17)18/h2-4,7,15H,5-6,8-10H2,1H3. The number of piperazine rings is 1. The Morgan fingerprint density at radius 2 is 2.42 bits per heavy atom. The highest BCUT2D eigenvalue weighted by Gasteiger charge is 2.21. The number of amides is 2. The molecule has 2 amide bonds. The Labute approximate surface area is 112 Å². The molecule has 6 nitrogen and oxygen atoms in total. The average molecular weight is 262 g/mol. The van der Waals surface area contributed by atoms with Crippen molar-refractivity contribution in [2.75, 3.05) is 33.2 Å². The van der Waals surface area contributed by atoms with E-state index in [9.17, 15) is 9.59 Å². The topological polar surface area (TPSA) is 65.5 Å². The first-order valence-corrected chi connectivity index (χ1v) is 6.28. The summed E-state index contributed by atoms with van der Waals surface area (Å²) in [6, 6.07) is 3.76. The third-order valence-electron chi connectivity index (χ3n) is 3.08. The lowest BCUT2D eigenvalue weighted by Gasteiger charge is -2.28. The van der Waals surface area contributed by atoms with Gasteiger partial charge in [0.25, 0.3) is 0 Å². The molecule has 0 aliphatic carbocycles. The van der Waals surface area contributed by atoms with Crippen LogP contribution in [0.15, 0.2) is 24.5 Å². The van der Waals surface area contributed by atoms with E-state index in [0.29, 0.717) is 19.6 Å². The second-order valence-corrected chi connectivity index (χ2v) is 4.60. The van der Waals surface area contributed by atoms with Crippen molar-refractivity contribution in [1.29, 1.82) is 0 Å². The largest absolute Gasteiger partial charge is 0.340 e. The van der Waals surface area contributed by atoms with Gasteiger partial charge in [-0.05, 0) is 11.6 Å². The Hall–Kier alpha value is -1.95. The minimum atomic E-state index is -0.0564. The summed E-state index contributed by atoms with van der Waals surface area (Å²) in [4.78, 5) is 30.9. The van der Waals surface area contributed by atoms with E-state index in [4.69, 9.17) is 0 Å². The maximum atomic E-state index is 12.1. The normalized spacial score (nSPS) is 15.4. The third kappa shape index (κ3) is 3.75. The fraction of sp³-hybridized carbons (Fsp3) is 0.462. The molecule has 6 heteroatoms. The minimum Gasteiger partial charge on any atom is -0.340 e. The SMILES string of the molecule is CN(Cc1cccnc1)C(=O)CN1CCNCC1=O. The molecule has 0 radical (unpaired) electrons. The molecule has 1 saturated heterocycles. The summed E-state index contributed by atoms with van der Waals surface area (Å²) in [5.74, 6) is -0.0755. The van der Waals surface area contributed by atoms with E-state index in [1.54, 1.807) is 29.2 Å². The molecular weight excluding hydrogens is 244 g/mol. The molecule has 19 heavy (non-hydrogen) atoms. The lowest BCUT2D eigenvalue weighted by atomic mass is 10.2. The maximum Gasteiger partial charge on any atom is 0.242 e. The molecule has 0 spiro atoms. The van der Waals surface area contributed by atoms with E-state index >= 15 is 0 Å². The van der Waals surface area contributed by atoms with Crippen LogP contribution in [-0.2, 0) is 16.1 Å². The van der Waals surface area contributed by atoms with Crippen LogP contribution in [0, 0.1) is 0 Å². The Kier molecular flexibility index (Phi) is 4.46. The van der Waals surface area contributed by atoms with E-state index in [1.165, 1.54) is 0 Å². The van der Waals surface area contributed by atoms with E-state index in [0.717, 1.165) is 12.1 Å². The highest BCUT2D eigenvalue weighted by atomic mass is 16.2. The molecule has 1 aliphatic rings. The number of hydrogen-bond acceptors (Lipinski definition) is 4. The van der Waals surface area contributed by atoms with Crippen LogP contribution < -0.4 is 5.32 Å². The van der Waals surface area contributed by atoms with Crippen molar-refractivity contribution in [3.63, 3.8) is 0 Å². The molecule has 2 heterocycles. The third-order valence-corrected chi connectivity index (χ3v) is 3.08. The molecular formula is C13H18N4O2. The number of aromatic nitrogens is 1. The fourth-order valence-electron chi connectivity index (χ4n) is 1.95. The van der Waals surface area contributed by atoms with Crippen LogP contribution in [0.3, 0.4) is 0 Å². The molecule has 1 fully saturated rings. The van der Waals surface area contributed by atoms with Gasteiger partial charge in [-0.3, -0.25) is 14.6 Å². The predicted molar refractivity (Wildman–Crippen MR) is 70.2 cm³/mol. The highest BCUT2D eigenvalue weighted by Crippen LogP contribution is 2.03. The van der Waals surface area contributed by atoms with Crippen molar-refractivity contribution < 1.29 is 9.59 Å². The molecule has 0 atom stereocenters. The van der Waals surface area contributed by atoms with E-state index in [-0.39, 0.29) is 18.4 Å². The molecule has 1 N–H and O–H groups in total. The molecule has 2 rings (SSSR count). The quantitative estimate of drug-likeness (QED) is 0.792. The van der Waals surface area contributed by atoms with Gasteiger partial charge in [0.1, 0.15) is 0 Å². The van der Waals surface area contributed by atoms with Crippen LogP contribution in [0.2, 0.25) is 0 Å². The van der Waals surface area contributed by atoms with Gasteiger partial charge in [0.2, 0.25) is 11.8 Å². The zero-order valence-electron chi connectivity index (χ0n) is 11.0. The molecule has 1 aromatic heterocycles. The number of carbonyl (C=O) groups is 2. The van der Waals surface area contributed by atoms with Gasteiger partial charge in [0, 0.05) is 39.1 Å². The first-order chi connectivity index (χ1) is 9.16. The van der Waals surface area contributed by atoms with Crippen molar-refractivity contribution in [1.82, 2.24) is 20.1 Å². The summed E-state index contributed by atoms with van der Waals surface area (Å²) >= 11 is 0. The van der Waals surface area contributed by atoms with Crippen molar-refractivity contribution in [2.45, 2.75) is 6.54 Å². The van der Waals surface area contributed by atoms with Crippen LogP contribution in [0.1, 0.15) is 5.56 Å². The summed E-state index contributed by atoms with van der Waals surface area (Å²) < 4.78 is 0. The number of likely N-dealkylation sites (N-methyl/N-ethyl adjacent to an activating group) is 1. The summed E-state index contributed by atoms with van der Waals surface area (Å²) in [6.45, 7) is 2.31. The van der Waals surface area contributed by atoms with Gasteiger partial charge >= 0.3 is 0 Å². The van der Waals surface area contributed by atoms with Crippen molar-refractivity contribution in [3.8, 4) is 0 Å². The van der Waals surface area contributed by atoms with Gasteiger partial charge < -0.3 is 15.1 Å². The van der Waals surface area contributed by atoms with Gasteiger partial charge in [0.05, 0.1) is 13.1 Å². The predicted octanol–water partition coefficient (Wildman–Crippen LogP) is -0.528. The van der Waals surface area contributed by atoms with E-state index < -0.39 is 0 Å². The van der Waals surface area contributed by atoms with Crippen molar-refractivity contribution in [2.24, 2.45) is 0 Å². The van der Waals surface area contributed by atoms with Gasteiger partial charge in [-0.2, -0.15) is 0 Å². The molecule has 1 aromatic rings. The van der Waals surface area contributed by atoms with Crippen LogP contribution in [-0.4, -0.2) is 59.8 Å². The number of nitrogens with zero attached hydrogens (tertiary/aromatic N) is 3. The Bertz CT molecular complexity index is 449. The van der Waals surface area contributed by atoms with E-state index in [1.807, 2.05) is 12.1 Å². The second kappa shape index (κ2) is 6.29. The average Bonchev–Trinajstić information content (AvgIpc) is 2.42. The number of hydrogen-bond donors (Lipinski definition) is 1. The molecule has 1 aliphatic heterocycles. The number of rotatable bonds is 4. The monoisotopic (exact) mass is 262 g/mol. The molecule has 0 saturated carbocycles. The van der Waals surface area contributed by atoms with Gasteiger partial charge in [-0.1, -0.05) is 6.07 Å². The van der Waals surface area contributed by atoms with Crippen LogP contribution in [0.5, 0.6) is 0 Å². The van der Waals surface area contributed by atoms with Gasteiger partial charge in [0.15, 0.2) is 0 Å². The number of carbonyl (C=O) groups excluding carboxylic acids is 2. The van der Waals surface area contributed by atoms with Crippen LogP contribution >= 0.6 is 0 Å². The van der Waals surface area contributed by atoms with Gasteiger partial charge in [-0.15, -0.1) is 0 Å². The molecule has 0 aromatic carbocycles. The number of pyridine rings is 1. The lowest BCUT2D eigenvalue weighted by Crippen LogP contribution is -2.51. The molecule has 0 bridgehead atoms. The number of nitrogens with one attached hydrogen (secondary N) is 1. The first-order valence-electron chi connectivity index (χ1n) is 6.28. The summed E-state index contributed by atoms with van der Waals surface area (Å²) in [7, 11) is 1.74. The summed E-state index contributed by atoms with van der Waals surface area (Å²) in [6.07, 6.45) is 3.43. The summed E-state index contributed by atoms with van der Waals surface area (Å²) in [5.41, 5.74) is 0.977. The first kappa shape index (κ1) is 13.5. The Morgan fingerprint density at radius 3 is 3.11 bits per heavy atom. The Morgan fingerprint density at radius 1 is 1.58 bits per heavy atom. The highest BCUT2D eigenvalue weighted by molar-refractivity contribution is 5.86. The van der Waals surface area contributed by atoms with Crippen LogP contribution in [0.4, 0.5) is 0 Å². The molecule has 102 valence electrons. The van der Waals surface area contributed by atoms with Crippen LogP contribution in [0.25, 0.3) is 0 Å². The zero-order valence-corrected chi connectivity index (χ0v) is 11.0.